The zero-order valence-corrected chi connectivity index (χ0v) is 13.9. The maximum absolute atomic E-state index is 6.22. The van der Waals surface area contributed by atoms with E-state index in [1.54, 1.807) is 0 Å². The first-order valence-corrected chi connectivity index (χ1v) is 8.11. The van der Waals surface area contributed by atoms with Gasteiger partial charge in [0, 0.05) is 24.1 Å². The molecule has 1 saturated carbocycles. The van der Waals surface area contributed by atoms with Crippen LogP contribution < -0.4 is 4.90 Å². The molecule has 20 heavy (non-hydrogen) atoms. The SMILES string of the molecule is CCN(c1cc(Cl)nc(C(C)(C)C)n1)C1CCCCC1. The van der Waals surface area contributed by atoms with Gasteiger partial charge in [0.1, 0.15) is 16.8 Å². The fourth-order valence-corrected chi connectivity index (χ4v) is 3.07. The van der Waals surface area contributed by atoms with Crippen LogP contribution in [-0.2, 0) is 5.41 Å². The van der Waals surface area contributed by atoms with Crippen LogP contribution >= 0.6 is 11.6 Å². The van der Waals surface area contributed by atoms with Crippen molar-refractivity contribution in [3.8, 4) is 0 Å². The summed E-state index contributed by atoms with van der Waals surface area (Å²) < 4.78 is 0. The average molecular weight is 296 g/mol. The molecular formula is C16H26ClN3. The molecule has 0 N–H and O–H groups in total. The molecular weight excluding hydrogens is 270 g/mol. The molecule has 0 atom stereocenters. The first-order chi connectivity index (χ1) is 9.41. The summed E-state index contributed by atoms with van der Waals surface area (Å²) in [7, 11) is 0. The summed E-state index contributed by atoms with van der Waals surface area (Å²) in [4.78, 5) is 11.6. The standard InChI is InChI=1S/C16H26ClN3/c1-5-20(12-9-7-6-8-10-12)14-11-13(17)18-15(19-14)16(2,3)4/h11-12H,5-10H2,1-4H3. The first-order valence-electron chi connectivity index (χ1n) is 7.73. The Morgan fingerprint density at radius 3 is 2.40 bits per heavy atom. The van der Waals surface area contributed by atoms with Gasteiger partial charge in [0.25, 0.3) is 0 Å². The number of hydrogen-bond donors (Lipinski definition) is 0. The van der Waals surface area contributed by atoms with Crippen LogP contribution in [0, 0.1) is 0 Å². The summed E-state index contributed by atoms with van der Waals surface area (Å²) in [6.45, 7) is 9.54. The van der Waals surface area contributed by atoms with Crippen molar-refractivity contribution >= 4 is 17.4 Å². The number of hydrogen-bond acceptors (Lipinski definition) is 3. The molecule has 112 valence electrons. The summed E-state index contributed by atoms with van der Waals surface area (Å²) in [5.41, 5.74) is -0.0778. The minimum atomic E-state index is -0.0778. The number of aromatic nitrogens is 2. The van der Waals surface area contributed by atoms with E-state index in [2.05, 4.69) is 37.6 Å². The third kappa shape index (κ3) is 3.63. The van der Waals surface area contributed by atoms with E-state index < -0.39 is 0 Å². The Kier molecular flexibility index (Phi) is 4.90. The van der Waals surface area contributed by atoms with E-state index in [9.17, 15) is 0 Å². The lowest BCUT2D eigenvalue weighted by molar-refractivity contribution is 0.415. The molecule has 0 aliphatic heterocycles. The van der Waals surface area contributed by atoms with Crippen molar-refractivity contribution in [2.75, 3.05) is 11.4 Å². The molecule has 0 amide bonds. The van der Waals surface area contributed by atoms with E-state index in [-0.39, 0.29) is 5.41 Å². The second kappa shape index (κ2) is 6.30. The van der Waals surface area contributed by atoms with Gasteiger partial charge in [0.05, 0.1) is 0 Å². The molecule has 1 aliphatic rings. The Bertz CT molecular complexity index is 448. The molecule has 1 aromatic rings. The predicted molar refractivity (Wildman–Crippen MR) is 85.6 cm³/mol. The number of halogens is 1. The van der Waals surface area contributed by atoms with E-state index in [1.165, 1.54) is 32.1 Å². The Labute approximate surface area is 127 Å². The van der Waals surface area contributed by atoms with E-state index in [0.717, 1.165) is 18.2 Å². The van der Waals surface area contributed by atoms with Crippen LogP contribution in [0.25, 0.3) is 0 Å². The number of anilines is 1. The fourth-order valence-electron chi connectivity index (χ4n) is 2.89. The minimum Gasteiger partial charge on any atom is -0.354 e. The van der Waals surface area contributed by atoms with Gasteiger partial charge in [-0.2, -0.15) is 0 Å². The lowest BCUT2D eigenvalue weighted by Gasteiger charge is -2.35. The molecule has 1 fully saturated rings. The van der Waals surface area contributed by atoms with Gasteiger partial charge < -0.3 is 4.90 Å². The molecule has 1 heterocycles. The summed E-state index contributed by atoms with van der Waals surface area (Å²) in [5, 5.41) is 0.550. The highest BCUT2D eigenvalue weighted by atomic mass is 35.5. The van der Waals surface area contributed by atoms with E-state index in [4.69, 9.17) is 16.6 Å². The second-order valence-electron chi connectivity index (χ2n) is 6.70. The van der Waals surface area contributed by atoms with E-state index >= 15 is 0 Å². The molecule has 0 unspecified atom stereocenters. The largest absolute Gasteiger partial charge is 0.354 e. The molecule has 0 radical (unpaired) electrons. The summed E-state index contributed by atoms with van der Waals surface area (Å²) in [5.74, 6) is 1.82. The molecule has 0 saturated heterocycles. The van der Waals surface area contributed by atoms with Crippen LogP contribution in [0.5, 0.6) is 0 Å². The van der Waals surface area contributed by atoms with Gasteiger partial charge in [0.15, 0.2) is 0 Å². The molecule has 3 nitrogen and oxygen atoms in total. The van der Waals surface area contributed by atoms with Crippen molar-refractivity contribution in [3.05, 3.63) is 17.0 Å². The van der Waals surface area contributed by atoms with Crippen LogP contribution in [-0.4, -0.2) is 22.6 Å². The van der Waals surface area contributed by atoms with Gasteiger partial charge in [-0.05, 0) is 19.8 Å². The van der Waals surface area contributed by atoms with Crippen molar-refractivity contribution in [2.45, 2.75) is 71.3 Å². The Hall–Kier alpha value is -0.830. The van der Waals surface area contributed by atoms with Gasteiger partial charge in [-0.3, -0.25) is 0 Å². The Morgan fingerprint density at radius 1 is 1.20 bits per heavy atom. The molecule has 4 heteroatoms. The zero-order valence-electron chi connectivity index (χ0n) is 13.1. The van der Waals surface area contributed by atoms with Crippen molar-refractivity contribution < 1.29 is 0 Å². The first kappa shape index (κ1) is 15.6. The van der Waals surface area contributed by atoms with E-state index in [1.807, 2.05) is 6.07 Å². The van der Waals surface area contributed by atoms with Crippen molar-refractivity contribution in [3.63, 3.8) is 0 Å². The lowest BCUT2D eigenvalue weighted by Crippen LogP contribution is -2.37. The summed E-state index contributed by atoms with van der Waals surface area (Å²) in [6.07, 6.45) is 6.55. The summed E-state index contributed by atoms with van der Waals surface area (Å²) in [6, 6.07) is 2.52. The normalized spacial score (nSPS) is 17.2. The highest BCUT2D eigenvalue weighted by Gasteiger charge is 2.24. The van der Waals surface area contributed by atoms with Gasteiger partial charge in [-0.1, -0.05) is 51.6 Å². The third-order valence-electron chi connectivity index (χ3n) is 4.00. The highest BCUT2D eigenvalue weighted by Crippen LogP contribution is 2.29. The maximum atomic E-state index is 6.22. The second-order valence-corrected chi connectivity index (χ2v) is 7.09. The minimum absolute atomic E-state index is 0.0778. The van der Waals surface area contributed by atoms with Crippen molar-refractivity contribution in [1.82, 2.24) is 9.97 Å². The molecule has 0 spiro atoms. The maximum Gasteiger partial charge on any atom is 0.137 e. The molecule has 1 aromatic heterocycles. The van der Waals surface area contributed by atoms with Crippen molar-refractivity contribution in [2.24, 2.45) is 0 Å². The zero-order chi connectivity index (χ0) is 14.8. The molecule has 1 aliphatic carbocycles. The quantitative estimate of drug-likeness (QED) is 0.764. The monoisotopic (exact) mass is 295 g/mol. The topological polar surface area (TPSA) is 29.0 Å². The van der Waals surface area contributed by atoms with Crippen LogP contribution in [0.1, 0.15) is 65.6 Å². The molecule has 0 bridgehead atoms. The highest BCUT2D eigenvalue weighted by molar-refractivity contribution is 6.29. The van der Waals surface area contributed by atoms with Crippen LogP contribution in [0.4, 0.5) is 5.82 Å². The fraction of sp³-hybridized carbons (Fsp3) is 0.750. The average Bonchev–Trinajstić information content (AvgIpc) is 2.39. The lowest BCUT2D eigenvalue weighted by atomic mass is 9.94. The smallest absolute Gasteiger partial charge is 0.137 e. The molecule has 2 rings (SSSR count). The number of rotatable bonds is 3. The van der Waals surface area contributed by atoms with Gasteiger partial charge in [0.2, 0.25) is 0 Å². The van der Waals surface area contributed by atoms with Crippen molar-refractivity contribution in [1.29, 1.82) is 0 Å². The summed E-state index contributed by atoms with van der Waals surface area (Å²) >= 11 is 6.22. The van der Waals surface area contributed by atoms with Crippen LogP contribution in [0.15, 0.2) is 6.07 Å². The van der Waals surface area contributed by atoms with Gasteiger partial charge in [-0.15, -0.1) is 0 Å². The Morgan fingerprint density at radius 2 is 1.85 bits per heavy atom. The van der Waals surface area contributed by atoms with Crippen LogP contribution in [0.2, 0.25) is 5.15 Å². The third-order valence-corrected chi connectivity index (χ3v) is 4.20. The van der Waals surface area contributed by atoms with Gasteiger partial charge >= 0.3 is 0 Å². The Balaban J connectivity index is 2.31. The predicted octanol–water partition coefficient (Wildman–Crippen LogP) is 4.59. The number of nitrogens with zero attached hydrogens (tertiary/aromatic N) is 3. The van der Waals surface area contributed by atoms with Crippen LogP contribution in [0.3, 0.4) is 0 Å². The van der Waals surface area contributed by atoms with Gasteiger partial charge in [-0.25, -0.2) is 9.97 Å². The van der Waals surface area contributed by atoms with E-state index in [0.29, 0.717) is 11.2 Å². The molecule has 0 aromatic carbocycles.